The number of hydrogen-bond donors (Lipinski definition) is 0. The summed E-state index contributed by atoms with van der Waals surface area (Å²) in [4.78, 5) is 25.8. The van der Waals surface area contributed by atoms with Crippen LogP contribution in [0.25, 0.3) is 0 Å². The van der Waals surface area contributed by atoms with Gasteiger partial charge in [0.25, 0.3) is 5.79 Å². The molecule has 2 saturated heterocycles. The number of cyclic esters (lactones) is 1. The molecule has 2 fully saturated rings. The van der Waals surface area contributed by atoms with E-state index in [-0.39, 0.29) is 13.2 Å². The molecule has 0 radical (unpaired) electrons. The average Bonchev–Trinajstić information content (AvgIpc) is 3.00. The SMILES string of the molecule is CO[C@]1(C)OC(=O)N2[C@H](C(=O)OCc3ccccc3)CO[C@]21C. The van der Waals surface area contributed by atoms with E-state index in [0.717, 1.165) is 5.56 Å². The lowest BCUT2D eigenvalue weighted by Gasteiger charge is -2.35. The minimum Gasteiger partial charge on any atom is -0.459 e. The molecule has 0 spiro atoms. The zero-order chi connectivity index (χ0) is 16.7. The summed E-state index contributed by atoms with van der Waals surface area (Å²) < 4.78 is 21.5. The molecule has 7 heteroatoms. The molecule has 3 atom stereocenters. The smallest absolute Gasteiger partial charge is 0.415 e. The van der Waals surface area contributed by atoms with Crippen LogP contribution in [0.4, 0.5) is 4.79 Å². The molecule has 2 aliphatic heterocycles. The number of hydrogen-bond acceptors (Lipinski definition) is 6. The van der Waals surface area contributed by atoms with E-state index in [4.69, 9.17) is 18.9 Å². The van der Waals surface area contributed by atoms with Crippen molar-refractivity contribution in [1.82, 2.24) is 4.90 Å². The molecule has 23 heavy (non-hydrogen) atoms. The molecule has 2 heterocycles. The van der Waals surface area contributed by atoms with Gasteiger partial charge in [-0.15, -0.1) is 0 Å². The zero-order valence-corrected chi connectivity index (χ0v) is 13.3. The topological polar surface area (TPSA) is 74.3 Å². The van der Waals surface area contributed by atoms with Crippen molar-refractivity contribution in [3.05, 3.63) is 35.9 Å². The molecule has 0 bridgehead atoms. The molecule has 0 N–H and O–H groups in total. The minimum atomic E-state index is -1.28. The van der Waals surface area contributed by atoms with Crippen LogP contribution in [-0.4, -0.2) is 48.2 Å². The Bertz CT molecular complexity index is 620. The molecule has 3 rings (SSSR count). The van der Waals surface area contributed by atoms with E-state index in [1.807, 2.05) is 30.3 Å². The minimum absolute atomic E-state index is 0.0399. The van der Waals surface area contributed by atoms with Crippen LogP contribution >= 0.6 is 0 Å². The van der Waals surface area contributed by atoms with Gasteiger partial charge in [-0.3, -0.25) is 4.90 Å². The van der Waals surface area contributed by atoms with E-state index in [9.17, 15) is 9.59 Å². The summed E-state index contributed by atoms with van der Waals surface area (Å²) in [7, 11) is 1.42. The van der Waals surface area contributed by atoms with E-state index in [1.165, 1.54) is 12.0 Å². The Morgan fingerprint density at radius 2 is 2.04 bits per heavy atom. The second kappa shape index (κ2) is 5.50. The van der Waals surface area contributed by atoms with Crippen LogP contribution in [-0.2, 0) is 30.3 Å². The van der Waals surface area contributed by atoms with Crippen molar-refractivity contribution in [3.8, 4) is 0 Å². The third-order valence-electron chi connectivity index (χ3n) is 4.50. The highest BCUT2D eigenvalue weighted by atomic mass is 16.8. The molecule has 0 aromatic heterocycles. The fourth-order valence-corrected chi connectivity index (χ4v) is 2.87. The Morgan fingerprint density at radius 1 is 1.35 bits per heavy atom. The fourth-order valence-electron chi connectivity index (χ4n) is 2.87. The number of nitrogens with zero attached hydrogens (tertiary/aromatic N) is 1. The van der Waals surface area contributed by atoms with Crippen LogP contribution < -0.4 is 0 Å². The summed E-state index contributed by atoms with van der Waals surface area (Å²) in [6, 6.07) is 8.46. The lowest BCUT2D eigenvalue weighted by molar-refractivity contribution is -0.259. The maximum atomic E-state index is 12.4. The van der Waals surface area contributed by atoms with E-state index in [2.05, 4.69) is 0 Å². The van der Waals surface area contributed by atoms with Gasteiger partial charge in [0.1, 0.15) is 6.61 Å². The maximum Gasteiger partial charge on any atom is 0.415 e. The fraction of sp³-hybridized carbons (Fsp3) is 0.500. The molecule has 7 nitrogen and oxygen atoms in total. The second-order valence-electron chi connectivity index (χ2n) is 5.79. The van der Waals surface area contributed by atoms with Gasteiger partial charge < -0.3 is 18.9 Å². The molecule has 2 aliphatic rings. The van der Waals surface area contributed by atoms with Crippen molar-refractivity contribution in [2.75, 3.05) is 13.7 Å². The van der Waals surface area contributed by atoms with Crippen LogP contribution in [0.5, 0.6) is 0 Å². The number of methoxy groups -OCH3 is 1. The monoisotopic (exact) mass is 321 g/mol. The number of esters is 1. The standard InChI is InChI=1S/C16H19NO6/c1-15-16(2,20-3)23-14(19)17(15)12(10-22-15)13(18)21-9-11-7-5-4-6-8-11/h4-8,12H,9-10H2,1-3H3/t12-,15-,16+/m0/s1. The van der Waals surface area contributed by atoms with Crippen LogP contribution in [0, 0.1) is 0 Å². The van der Waals surface area contributed by atoms with Crippen LogP contribution in [0.2, 0.25) is 0 Å². The zero-order valence-electron chi connectivity index (χ0n) is 13.3. The van der Waals surface area contributed by atoms with E-state index in [0.29, 0.717) is 0 Å². The van der Waals surface area contributed by atoms with Gasteiger partial charge >= 0.3 is 12.1 Å². The van der Waals surface area contributed by atoms with Gasteiger partial charge in [0, 0.05) is 14.0 Å². The average molecular weight is 321 g/mol. The summed E-state index contributed by atoms with van der Waals surface area (Å²) in [6.07, 6.45) is -0.656. The highest BCUT2D eigenvalue weighted by molar-refractivity contribution is 5.84. The third-order valence-corrected chi connectivity index (χ3v) is 4.50. The first kappa shape index (κ1) is 15.8. The van der Waals surface area contributed by atoms with Crippen molar-refractivity contribution in [3.63, 3.8) is 0 Å². The number of amides is 1. The van der Waals surface area contributed by atoms with Crippen molar-refractivity contribution in [2.45, 2.75) is 38.0 Å². The third kappa shape index (κ3) is 2.36. The van der Waals surface area contributed by atoms with Gasteiger partial charge in [0.05, 0.1) is 6.61 Å². The highest BCUT2D eigenvalue weighted by Crippen LogP contribution is 2.45. The molecule has 0 unspecified atom stereocenters. The number of ether oxygens (including phenoxy) is 4. The van der Waals surface area contributed by atoms with Gasteiger partial charge in [-0.1, -0.05) is 30.3 Å². The largest absolute Gasteiger partial charge is 0.459 e. The molecule has 1 aromatic rings. The quantitative estimate of drug-likeness (QED) is 0.785. The van der Waals surface area contributed by atoms with E-state index >= 15 is 0 Å². The van der Waals surface area contributed by atoms with Crippen molar-refractivity contribution in [1.29, 1.82) is 0 Å². The van der Waals surface area contributed by atoms with Gasteiger partial charge in [0.2, 0.25) is 5.72 Å². The first-order valence-electron chi connectivity index (χ1n) is 7.33. The summed E-state index contributed by atoms with van der Waals surface area (Å²) >= 11 is 0. The lowest BCUT2D eigenvalue weighted by Crippen LogP contribution is -2.55. The summed E-state index contributed by atoms with van der Waals surface area (Å²) in [5, 5.41) is 0. The van der Waals surface area contributed by atoms with Crippen molar-refractivity contribution >= 4 is 12.1 Å². The molecule has 0 saturated carbocycles. The number of rotatable bonds is 4. The Balaban J connectivity index is 1.72. The number of carbonyl (C=O) groups is 2. The van der Waals surface area contributed by atoms with Crippen molar-refractivity contribution < 1.29 is 28.5 Å². The summed E-state index contributed by atoms with van der Waals surface area (Å²) in [6.45, 7) is 3.43. The number of carbonyl (C=O) groups excluding carboxylic acids is 2. The Labute approximate surface area is 134 Å². The normalized spacial score (nSPS) is 32.6. The first-order valence-corrected chi connectivity index (χ1v) is 7.33. The van der Waals surface area contributed by atoms with Crippen LogP contribution in [0.15, 0.2) is 30.3 Å². The number of benzene rings is 1. The Hall–Kier alpha value is -2.12. The van der Waals surface area contributed by atoms with E-state index in [1.54, 1.807) is 13.8 Å². The highest BCUT2D eigenvalue weighted by Gasteiger charge is 2.68. The van der Waals surface area contributed by atoms with Crippen LogP contribution in [0.1, 0.15) is 19.4 Å². The Morgan fingerprint density at radius 3 is 2.70 bits per heavy atom. The molecule has 124 valence electrons. The molecule has 0 aliphatic carbocycles. The molecule has 1 aromatic carbocycles. The lowest BCUT2D eigenvalue weighted by atomic mass is 10.1. The second-order valence-corrected chi connectivity index (χ2v) is 5.79. The predicted octanol–water partition coefficient (Wildman–Crippen LogP) is 1.66. The van der Waals surface area contributed by atoms with Crippen LogP contribution in [0.3, 0.4) is 0 Å². The maximum absolute atomic E-state index is 12.4. The van der Waals surface area contributed by atoms with Gasteiger partial charge in [-0.2, -0.15) is 0 Å². The molecule has 1 amide bonds. The van der Waals surface area contributed by atoms with E-state index < -0.39 is 29.6 Å². The molecular formula is C16H19NO6. The van der Waals surface area contributed by atoms with Gasteiger partial charge in [-0.25, -0.2) is 9.59 Å². The summed E-state index contributed by atoms with van der Waals surface area (Å²) in [5.41, 5.74) is -0.303. The molecular weight excluding hydrogens is 302 g/mol. The predicted molar refractivity (Wildman–Crippen MR) is 78.1 cm³/mol. The van der Waals surface area contributed by atoms with Crippen molar-refractivity contribution in [2.24, 2.45) is 0 Å². The Kier molecular flexibility index (Phi) is 3.77. The number of fused-ring (bicyclic) bond motifs is 1. The van der Waals surface area contributed by atoms with Gasteiger partial charge in [-0.05, 0) is 12.5 Å². The first-order chi connectivity index (χ1) is 10.9. The summed E-state index contributed by atoms with van der Waals surface area (Å²) in [5.74, 6) is -1.81. The van der Waals surface area contributed by atoms with Gasteiger partial charge in [0.15, 0.2) is 6.04 Å².